The first-order valence-electron chi connectivity index (χ1n) is 8.06. The van der Waals surface area contributed by atoms with Gasteiger partial charge in [-0.2, -0.15) is 0 Å². The fourth-order valence-corrected chi connectivity index (χ4v) is 3.94. The first-order valence-corrected chi connectivity index (χ1v) is 8.06. The molecule has 0 unspecified atom stereocenters. The fourth-order valence-electron chi connectivity index (χ4n) is 3.94. The summed E-state index contributed by atoms with van der Waals surface area (Å²) in [6, 6.07) is 0. The summed E-state index contributed by atoms with van der Waals surface area (Å²) in [6.07, 6.45) is 12.7. The Morgan fingerprint density at radius 3 is 2.58 bits per heavy atom. The zero-order valence-electron chi connectivity index (χ0n) is 12.7. The molecule has 2 aliphatic heterocycles. The Hall–Kier alpha value is -0.340. The lowest BCUT2D eigenvalue weighted by atomic mass is 9.80. The smallest absolute Gasteiger partial charge is 0.111 e. The molecule has 2 heteroatoms. The normalized spacial score (nSPS) is 42.4. The summed E-state index contributed by atoms with van der Waals surface area (Å²) in [4.78, 5) is 0. The number of ether oxygens (including phenoxy) is 2. The minimum absolute atomic E-state index is 0.0635. The van der Waals surface area contributed by atoms with Crippen LogP contribution in [-0.4, -0.2) is 23.9 Å². The molecule has 108 valence electrons. The van der Waals surface area contributed by atoms with Crippen molar-refractivity contribution >= 4 is 0 Å². The van der Waals surface area contributed by atoms with Crippen LogP contribution in [0.4, 0.5) is 0 Å². The molecule has 0 aromatic heterocycles. The molecular weight excluding hydrogens is 236 g/mol. The molecular formula is C17H28O2. The maximum atomic E-state index is 6.33. The summed E-state index contributed by atoms with van der Waals surface area (Å²) in [5.41, 5.74) is -0.245. The fraction of sp³-hybridized carbons (Fsp3) is 0.882. The van der Waals surface area contributed by atoms with E-state index in [4.69, 9.17) is 9.47 Å². The molecule has 0 N–H and O–H groups in total. The molecule has 1 saturated heterocycles. The van der Waals surface area contributed by atoms with E-state index in [-0.39, 0.29) is 17.3 Å². The molecule has 0 radical (unpaired) electrons. The van der Waals surface area contributed by atoms with Crippen LogP contribution < -0.4 is 0 Å². The third-order valence-electron chi connectivity index (χ3n) is 5.49. The zero-order chi connectivity index (χ0) is 13.5. The van der Waals surface area contributed by atoms with Gasteiger partial charge in [0.2, 0.25) is 0 Å². The van der Waals surface area contributed by atoms with Gasteiger partial charge in [-0.05, 0) is 31.6 Å². The Morgan fingerprint density at radius 2 is 1.95 bits per heavy atom. The molecule has 3 aliphatic rings. The van der Waals surface area contributed by atoms with Crippen LogP contribution in [0, 0.1) is 11.8 Å². The monoisotopic (exact) mass is 264 g/mol. The molecule has 2 nitrogen and oxygen atoms in total. The highest BCUT2D eigenvalue weighted by Crippen LogP contribution is 2.50. The molecule has 2 heterocycles. The van der Waals surface area contributed by atoms with Crippen LogP contribution in [0.15, 0.2) is 12.2 Å². The highest BCUT2D eigenvalue weighted by molar-refractivity contribution is 5.27. The van der Waals surface area contributed by atoms with Gasteiger partial charge >= 0.3 is 0 Å². The van der Waals surface area contributed by atoms with Crippen molar-refractivity contribution in [2.75, 3.05) is 6.61 Å². The van der Waals surface area contributed by atoms with Crippen molar-refractivity contribution in [3.63, 3.8) is 0 Å². The van der Waals surface area contributed by atoms with E-state index in [1.165, 1.54) is 32.1 Å². The lowest BCUT2D eigenvalue weighted by Crippen LogP contribution is -2.36. The quantitative estimate of drug-likeness (QED) is 0.712. The lowest BCUT2D eigenvalue weighted by Gasteiger charge is -2.29. The topological polar surface area (TPSA) is 18.5 Å². The summed E-state index contributed by atoms with van der Waals surface area (Å²) < 4.78 is 12.6. The van der Waals surface area contributed by atoms with Crippen molar-refractivity contribution in [3.05, 3.63) is 12.2 Å². The van der Waals surface area contributed by atoms with E-state index < -0.39 is 0 Å². The molecule has 1 saturated carbocycles. The predicted octanol–water partition coefficient (Wildman–Crippen LogP) is 4.10. The molecule has 0 spiro atoms. The number of hydrogen-bond donors (Lipinski definition) is 0. The van der Waals surface area contributed by atoms with Crippen LogP contribution in [0.25, 0.3) is 0 Å². The van der Waals surface area contributed by atoms with E-state index >= 15 is 0 Å². The second-order valence-corrected chi connectivity index (χ2v) is 7.26. The molecule has 0 amide bonds. The standard InChI is InChI=1S/C17H28O2/c1-13(2)17-10-9-16(3,19-17)15(11-17)18-12-14-7-5-4-6-8-14/h9-10,13-15H,4-8,11-12H2,1-3H3/t15-,16+,17-/m1/s1. The second-order valence-electron chi connectivity index (χ2n) is 7.26. The largest absolute Gasteiger partial charge is 0.374 e. The van der Waals surface area contributed by atoms with Crippen LogP contribution >= 0.6 is 0 Å². The highest BCUT2D eigenvalue weighted by atomic mass is 16.6. The van der Waals surface area contributed by atoms with Crippen molar-refractivity contribution in [2.45, 2.75) is 76.6 Å². The van der Waals surface area contributed by atoms with Crippen LogP contribution in [0.3, 0.4) is 0 Å². The third-order valence-corrected chi connectivity index (χ3v) is 5.49. The second kappa shape index (κ2) is 4.89. The number of hydrogen-bond acceptors (Lipinski definition) is 2. The van der Waals surface area contributed by atoms with Gasteiger partial charge in [-0.3, -0.25) is 0 Å². The average molecular weight is 264 g/mol. The first kappa shape index (κ1) is 13.6. The van der Waals surface area contributed by atoms with Crippen molar-refractivity contribution in [1.82, 2.24) is 0 Å². The molecule has 3 atom stereocenters. The summed E-state index contributed by atoms with van der Waals surface area (Å²) in [6.45, 7) is 7.62. The van der Waals surface area contributed by atoms with E-state index in [9.17, 15) is 0 Å². The lowest BCUT2D eigenvalue weighted by molar-refractivity contribution is -0.0842. The highest BCUT2D eigenvalue weighted by Gasteiger charge is 2.57. The maximum Gasteiger partial charge on any atom is 0.111 e. The third kappa shape index (κ3) is 2.38. The Morgan fingerprint density at radius 1 is 1.21 bits per heavy atom. The van der Waals surface area contributed by atoms with Gasteiger partial charge in [0.15, 0.2) is 0 Å². The average Bonchev–Trinajstić information content (AvgIpc) is 2.90. The first-order chi connectivity index (χ1) is 9.04. The zero-order valence-corrected chi connectivity index (χ0v) is 12.7. The van der Waals surface area contributed by atoms with Crippen molar-refractivity contribution in [2.24, 2.45) is 11.8 Å². The van der Waals surface area contributed by atoms with E-state index in [0.717, 1.165) is 18.9 Å². The molecule has 0 aromatic carbocycles. The van der Waals surface area contributed by atoms with Crippen LogP contribution in [0.5, 0.6) is 0 Å². The van der Waals surface area contributed by atoms with E-state index in [0.29, 0.717) is 5.92 Å². The van der Waals surface area contributed by atoms with E-state index in [1.54, 1.807) is 0 Å². The SMILES string of the molecule is CC(C)[C@]12C=C[C@](C)(O1)[C@H](OCC1CCCCC1)C2. The number of rotatable bonds is 4. The molecule has 0 aromatic rings. The van der Waals surface area contributed by atoms with Crippen molar-refractivity contribution < 1.29 is 9.47 Å². The molecule has 2 fully saturated rings. The molecule has 2 bridgehead atoms. The molecule has 1 aliphatic carbocycles. The predicted molar refractivity (Wildman–Crippen MR) is 77.1 cm³/mol. The van der Waals surface area contributed by atoms with E-state index in [1.807, 2.05) is 0 Å². The Kier molecular flexibility index (Phi) is 3.51. The van der Waals surface area contributed by atoms with Gasteiger partial charge in [-0.1, -0.05) is 45.3 Å². The molecule has 19 heavy (non-hydrogen) atoms. The van der Waals surface area contributed by atoms with Gasteiger partial charge < -0.3 is 9.47 Å². The van der Waals surface area contributed by atoms with Gasteiger partial charge in [-0.15, -0.1) is 0 Å². The summed E-state index contributed by atoms with van der Waals surface area (Å²) >= 11 is 0. The van der Waals surface area contributed by atoms with Crippen LogP contribution in [-0.2, 0) is 9.47 Å². The minimum atomic E-state index is -0.182. The number of fused-ring (bicyclic) bond motifs is 2. The van der Waals surface area contributed by atoms with Gasteiger partial charge in [0.25, 0.3) is 0 Å². The van der Waals surface area contributed by atoms with Crippen LogP contribution in [0.2, 0.25) is 0 Å². The summed E-state index contributed by atoms with van der Waals surface area (Å²) in [7, 11) is 0. The minimum Gasteiger partial charge on any atom is -0.374 e. The summed E-state index contributed by atoms with van der Waals surface area (Å²) in [5, 5.41) is 0. The van der Waals surface area contributed by atoms with Gasteiger partial charge in [0.1, 0.15) is 5.60 Å². The van der Waals surface area contributed by atoms with Crippen molar-refractivity contribution in [1.29, 1.82) is 0 Å². The van der Waals surface area contributed by atoms with Crippen LogP contribution in [0.1, 0.15) is 59.3 Å². The van der Waals surface area contributed by atoms with Gasteiger partial charge in [0.05, 0.1) is 11.7 Å². The Labute approximate surface area is 117 Å². The maximum absolute atomic E-state index is 6.33. The van der Waals surface area contributed by atoms with Crippen molar-refractivity contribution in [3.8, 4) is 0 Å². The Bertz CT molecular complexity index is 356. The van der Waals surface area contributed by atoms with Gasteiger partial charge in [0, 0.05) is 13.0 Å². The molecule has 3 rings (SSSR count). The van der Waals surface area contributed by atoms with E-state index in [2.05, 4.69) is 32.9 Å². The summed E-state index contributed by atoms with van der Waals surface area (Å²) in [5.74, 6) is 1.31. The van der Waals surface area contributed by atoms with Gasteiger partial charge in [-0.25, -0.2) is 0 Å². The Balaban J connectivity index is 1.59.